The summed E-state index contributed by atoms with van der Waals surface area (Å²) in [5.74, 6) is 0.746. The number of thiophene rings is 1. The summed E-state index contributed by atoms with van der Waals surface area (Å²) in [6.45, 7) is 2.37. The van der Waals surface area contributed by atoms with Gasteiger partial charge in [-0.05, 0) is 30.5 Å². The molecule has 0 amide bonds. The summed E-state index contributed by atoms with van der Waals surface area (Å²) in [7, 11) is 0. The molecule has 0 aliphatic carbocycles. The van der Waals surface area contributed by atoms with E-state index in [1.807, 2.05) is 24.3 Å². The molecule has 1 N–H and O–H groups in total. The maximum Gasteiger partial charge on any atom is 0.126 e. The zero-order valence-corrected chi connectivity index (χ0v) is 12.5. The van der Waals surface area contributed by atoms with Crippen molar-refractivity contribution < 1.29 is 9.84 Å². The lowest BCUT2D eigenvalue weighted by molar-refractivity contribution is 0.191. The molecule has 0 saturated heterocycles. The van der Waals surface area contributed by atoms with Crippen molar-refractivity contribution in [3.8, 4) is 5.75 Å². The molecule has 1 aromatic heterocycles. The fraction of sp³-hybridized carbons (Fsp3) is 0.286. The van der Waals surface area contributed by atoms with Crippen LogP contribution >= 0.6 is 27.3 Å². The van der Waals surface area contributed by atoms with E-state index < -0.39 is 6.10 Å². The van der Waals surface area contributed by atoms with Gasteiger partial charge in [0.1, 0.15) is 5.75 Å². The predicted octanol–water partition coefficient (Wildman–Crippen LogP) is 4.19. The molecule has 4 heteroatoms. The summed E-state index contributed by atoms with van der Waals surface area (Å²) >= 11 is 5.15. The molecule has 2 nitrogen and oxygen atoms in total. The third-order valence-corrected chi connectivity index (χ3v) is 4.04. The Morgan fingerprint density at radius 3 is 2.89 bits per heavy atom. The molecule has 2 aromatic rings. The summed E-state index contributed by atoms with van der Waals surface area (Å²) in [5, 5.41) is 11.8. The largest absolute Gasteiger partial charge is 0.493 e. The normalized spacial score (nSPS) is 12.4. The summed E-state index contributed by atoms with van der Waals surface area (Å²) in [4.78, 5) is 1.31. The highest BCUT2D eigenvalue weighted by molar-refractivity contribution is 9.10. The Kier molecular flexibility index (Phi) is 4.80. The molecule has 0 unspecified atom stereocenters. The van der Waals surface area contributed by atoms with E-state index in [9.17, 15) is 5.11 Å². The summed E-state index contributed by atoms with van der Waals surface area (Å²) in [5.41, 5.74) is 0.823. The van der Waals surface area contributed by atoms with Gasteiger partial charge in [0.15, 0.2) is 0 Å². The molecule has 18 heavy (non-hydrogen) atoms. The van der Waals surface area contributed by atoms with Crippen molar-refractivity contribution >= 4 is 27.3 Å². The van der Waals surface area contributed by atoms with Gasteiger partial charge < -0.3 is 9.84 Å². The second-order valence-electron chi connectivity index (χ2n) is 4.04. The Morgan fingerprint density at radius 1 is 1.39 bits per heavy atom. The molecule has 0 bridgehead atoms. The molecule has 1 aromatic carbocycles. The van der Waals surface area contributed by atoms with Crippen LogP contribution < -0.4 is 4.74 Å². The van der Waals surface area contributed by atoms with E-state index in [0.29, 0.717) is 6.61 Å². The van der Waals surface area contributed by atoms with Gasteiger partial charge in [0, 0.05) is 21.3 Å². The molecule has 0 spiro atoms. The maximum absolute atomic E-state index is 9.69. The summed E-state index contributed by atoms with van der Waals surface area (Å²) in [6, 6.07) is 9.84. The number of benzene rings is 1. The monoisotopic (exact) mass is 326 g/mol. The third-order valence-electron chi connectivity index (χ3n) is 2.61. The molecule has 2 rings (SSSR count). The van der Waals surface area contributed by atoms with Crippen molar-refractivity contribution in [1.82, 2.24) is 0 Å². The third kappa shape index (κ3) is 3.57. The van der Waals surface area contributed by atoms with Crippen LogP contribution in [0.5, 0.6) is 5.75 Å². The van der Waals surface area contributed by atoms with Crippen LogP contribution in [0, 0.1) is 0 Å². The maximum atomic E-state index is 9.69. The summed E-state index contributed by atoms with van der Waals surface area (Å²) < 4.78 is 6.73. The van der Waals surface area contributed by atoms with Crippen LogP contribution in [0.1, 0.15) is 23.5 Å². The Morgan fingerprint density at radius 2 is 2.22 bits per heavy atom. The number of halogens is 1. The van der Waals surface area contributed by atoms with Crippen LogP contribution in [0.15, 0.2) is 40.2 Å². The second-order valence-corrected chi connectivity index (χ2v) is 5.98. The number of hydrogen-bond acceptors (Lipinski definition) is 3. The molecular formula is C14H15BrO2S. The minimum absolute atomic E-state index is 0.519. The standard InChI is InChI=1S/C14H15BrO2S/c1-10(16)13-5-4-11(15)9-14(13)17-7-6-12-3-2-8-18-12/h2-5,8-10,16H,6-7H2,1H3/t10-/m0/s1. The van der Waals surface area contributed by atoms with Crippen LogP contribution in [-0.4, -0.2) is 11.7 Å². The zero-order chi connectivity index (χ0) is 13.0. The van der Waals surface area contributed by atoms with Crippen molar-refractivity contribution in [2.45, 2.75) is 19.4 Å². The van der Waals surface area contributed by atoms with E-state index in [1.165, 1.54) is 4.88 Å². The fourth-order valence-electron chi connectivity index (χ4n) is 1.69. The van der Waals surface area contributed by atoms with Crippen molar-refractivity contribution in [3.05, 3.63) is 50.6 Å². The van der Waals surface area contributed by atoms with Crippen molar-refractivity contribution in [2.24, 2.45) is 0 Å². The van der Waals surface area contributed by atoms with Crippen LogP contribution in [0.25, 0.3) is 0 Å². The molecule has 96 valence electrons. The van der Waals surface area contributed by atoms with E-state index in [2.05, 4.69) is 27.4 Å². The van der Waals surface area contributed by atoms with E-state index in [-0.39, 0.29) is 0 Å². The number of aliphatic hydroxyl groups excluding tert-OH is 1. The molecular weight excluding hydrogens is 312 g/mol. The molecule has 0 aliphatic rings. The first-order chi connectivity index (χ1) is 8.66. The number of aliphatic hydroxyl groups is 1. The predicted molar refractivity (Wildman–Crippen MR) is 78.3 cm³/mol. The van der Waals surface area contributed by atoms with E-state index in [4.69, 9.17) is 4.74 Å². The minimum atomic E-state index is -0.519. The van der Waals surface area contributed by atoms with Crippen LogP contribution in [0.4, 0.5) is 0 Å². The Labute approximate surface area is 119 Å². The quantitative estimate of drug-likeness (QED) is 0.892. The highest BCUT2D eigenvalue weighted by Crippen LogP contribution is 2.28. The Balaban J connectivity index is 2.01. The average molecular weight is 327 g/mol. The summed E-state index contributed by atoms with van der Waals surface area (Å²) in [6.07, 6.45) is 0.374. The number of rotatable bonds is 5. The van der Waals surface area contributed by atoms with Crippen LogP contribution in [-0.2, 0) is 6.42 Å². The molecule has 0 radical (unpaired) electrons. The van der Waals surface area contributed by atoms with Gasteiger partial charge in [-0.3, -0.25) is 0 Å². The van der Waals surface area contributed by atoms with Gasteiger partial charge >= 0.3 is 0 Å². The number of ether oxygens (including phenoxy) is 1. The van der Waals surface area contributed by atoms with Gasteiger partial charge in [0.2, 0.25) is 0 Å². The smallest absolute Gasteiger partial charge is 0.126 e. The lowest BCUT2D eigenvalue weighted by atomic mass is 10.1. The van der Waals surface area contributed by atoms with Crippen LogP contribution in [0.3, 0.4) is 0 Å². The average Bonchev–Trinajstić information content (AvgIpc) is 2.82. The first-order valence-corrected chi connectivity index (χ1v) is 7.47. The lowest BCUT2D eigenvalue weighted by Crippen LogP contribution is -2.04. The highest BCUT2D eigenvalue weighted by atomic mass is 79.9. The fourth-order valence-corrected chi connectivity index (χ4v) is 2.73. The van der Waals surface area contributed by atoms with E-state index in [0.717, 1.165) is 22.2 Å². The first kappa shape index (κ1) is 13.6. The molecule has 0 fully saturated rings. The number of hydrogen-bond donors (Lipinski definition) is 1. The van der Waals surface area contributed by atoms with Gasteiger partial charge in [-0.25, -0.2) is 0 Å². The first-order valence-electron chi connectivity index (χ1n) is 5.79. The van der Waals surface area contributed by atoms with Crippen LogP contribution in [0.2, 0.25) is 0 Å². The SMILES string of the molecule is C[C@H](O)c1ccc(Br)cc1OCCc1cccs1. The molecule has 0 aliphatic heterocycles. The van der Waals surface area contributed by atoms with Gasteiger partial charge in [0.25, 0.3) is 0 Å². The minimum Gasteiger partial charge on any atom is -0.493 e. The van der Waals surface area contributed by atoms with Gasteiger partial charge in [-0.2, -0.15) is 0 Å². The molecule has 1 atom stereocenters. The van der Waals surface area contributed by atoms with E-state index >= 15 is 0 Å². The highest BCUT2D eigenvalue weighted by Gasteiger charge is 2.09. The van der Waals surface area contributed by atoms with Gasteiger partial charge in [0.05, 0.1) is 12.7 Å². The molecule has 0 saturated carbocycles. The van der Waals surface area contributed by atoms with E-state index in [1.54, 1.807) is 18.3 Å². The lowest BCUT2D eigenvalue weighted by Gasteiger charge is -2.13. The molecule has 1 heterocycles. The van der Waals surface area contributed by atoms with Gasteiger partial charge in [-0.1, -0.05) is 28.1 Å². The Hall–Kier alpha value is -0.840. The van der Waals surface area contributed by atoms with Crippen molar-refractivity contribution in [3.63, 3.8) is 0 Å². The van der Waals surface area contributed by atoms with Crippen molar-refractivity contribution in [1.29, 1.82) is 0 Å². The second kappa shape index (κ2) is 6.36. The zero-order valence-electron chi connectivity index (χ0n) is 10.1. The van der Waals surface area contributed by atoms with Crippen molar-refractivity contribution in [2.75, 3.05) is 6.61 Å². The van der Waals surface area contributed by atoms with Gasteiger partial charge in [-0.15, -0.1) is 11.3 Å². The topological polar surface area (TPSA) is 29.5 Å². The Bertz CT molecular complexity index is 495.